The Hall–Kier alpha value is -1.19. The summed E-state index contributed by atoms with van der Waals surface area (Å²) in [6.45, 7) is 4.33. The number of nitrogens with zero attached hydrogens (tertiary/aromatic N) is 1. The molecule has 17 heavy (non-hydrogen) atoms. The Labute approximate surface area is 107 Å². The molecule has 0 radical (unpaired) electrons. The first kappa shape index (κ1) is 12.3. The predicted molar refractivity (Wildman–Crippen MR) is 73.3 cm³/mol. The minimum Gasteiger partial charge on any atom is -0.324 e. The maximum Gasteiger partial charge on any atom is 0.0947 e. The number of hydrogen-bond acceptors (Lipinski definition) is 3. The maximum absolute atomic E-state index is 6.18. The summed E-state index contributed by atoms with van der Waals surface area (Å²) in [5.74, 6) is 0.493. The molecule has 1 heterocycles. The van der Waals surface area contributed by atoms with Crippen LogP contribution in [0.25, 0.3) is 0 Å². The summed E-state index contributed by atoms with van der Waals surface area (Å²) in [5, 5.41) is 3.27. The van der Waals surface area contributed by atoms with Crippen molar-refractivity contribution < 1.29 is 0 Å². The van der Waals surface area contributed by atoms with Crippen molar-refractivity contribution >= 4 is 11.3 Å². The summed E-state index contributed by atoms with van der Waals surface area (Å²) >= 11 is 1.71. The van der Waals surface area contributed by atoms with E-state index in [9.17, 15) is 0 Å². The lowest BCUT2D eigenvalue weighted by atomic mass is 10.1. The third-order valence-electron chi connectivity index (χ3n) is 2.78. The summed E-state index contributed by atoms with van der Waals surface area (Å²) in [6.07, 6.45) is 0.821. The quantitative estimate of drug-likeness (QED) is 0.896. The highest BCUT2D eigenvalue weighted by atomic mass is 32.1. The molecule has 2 rings (SSSR count). The molecule has 0 bridgehead atoms. The summed E-state index contributed by atoms with van der Waals surface area (Å²) in [4.78, 5) is 4.61. The first-order valence-electron chi connectivity index (χ1n) is 5.91. The summed E-state index contributed by atoms with van der Waals surface area (Å²) in [5.41, 5.74) is 8.53. The molecule has 0 aliphatic rings. The SMILES string of the molecule is CC(C)c1csc(CC(N)c2ccccc2)n1. The fourth-order valence-corrected chi connectivity index (χ4v) is 2.71. The Morgan fingerprint density at radius 1 is 1.24 bits per heavy atom. The van der Waals surface area contributed by atoms with Gasteiger partial charge in [-0.25, -0.2) is 4.98 Å². The van der Waals surface area contributed by atoms with Crippen LogP contribution in [0.1, 0.15) is 42.1 Å². The van der Waals surface area contributed by atoms with Crippen LogP contribution in [0.15, 0.2) is 35.7 Å². The van der Waals surface area contributed by atoms with E-state index in [0.717, 1.165) is 11.4 Å². The van der Waals surface area contributed by atoms with Crippen molar-refractivity contribution in [1.82, 2.24) is 4.98 Å². The smallest absolute Gasteiger partial charge is 0.0947 e. The molecule has 0 fully saturated rings. The molecule has 0 aliphatic heterocycles. The minimum atomic E-state index is 0.0439. The molecule has 2 N–H and O–H groups in total. The summed E-state index contributed by atoms with van der Waals surface area (Å²) in [6, 6.07) is 10.2. The van der Waals surface area contributed by atoms with E-state index in [-0.39, 0.29) is 6.04 Å². The van der Waals surface area contributed by atoms with Crippen LogP contribution in [-0.2, 0) is 6.42 Å². The van der Waals surface area contributed by atoms with Gasteiger partial charge in [0.05, 0.1) is 10.7 Å². The van der Waals surface area contributed by atoms with Gasteiger partial charge in [-0.05, 0) is 11.5 Å². The second-order valence-corrected chi connectivity index (χ2v) is 5.48. The second kappa shape index (κ2) is 5.43. The average Bonchev–Trinajstić information content (AvgIpc) is 2.79. The normalized spacial score (nSPS) is 12.9. The van der Waals surface area contributed by atoms with Crippen molar-refractivity contribution in [1.29, 1.82) is 0 Å². The number of aromatic nitrogens is 1. The van der Waals surface area contributed by atoms with Crippen LogP contribution in [0, 0.1) is 0 Å². The first-order valence-corrected chi connectivity index (χ1v) is 6.79. The fourth-order valence-electron chi connectivity index (χ4n) is 1.69. The van der Waals surface area contributed by atoms with Crippen LogP contribution in [0.2, 0.25) is 0 Å². The van der Waals surface area contributed by atoms with Gasteiger partial charge in [-0.15, -0.1) is 11.3 Å². The molecule has 1 aromatic carbocycles. The molecular weight excluding hydrogens is 228 g/mol. The van der Waals surface area contributed by atoms with Crippen molar-refractivity contribution in [2.45, 2.75) is 32.2 Å². The Bertz CT molecular complexity index is 462. The van der Waals surface area contributed by atoms with Gasteiger partial charge < -0.3 is 5.73 Å². The van der Waals surface area contributed by atoms with Crippen LogP contribution < -0.4 is 5.73 Å². The van der Waals surface area contributed by atoms with Crippen LogP contribution in [0.4, 0.5) is 0 Å². The molecule has 0 aliphatic carbocycles. The highest BCUT2D eigenvalue weighted by molar-refractivity contribution is 7.09. The van der Waals surface area contributed by atoms with Gasteiger partial charge >= 0.3 is 0 Å². The number of rotatable bonds is 4. The Balaban J connectivity index is 2.05. The van der Waals surface area contributed by atoms with Crippen LogP contribution in [0.5, 0.6) is 0 Å². The van der Waals surface area contributed by atoms with E-state index >= 15 is 0 Å². The molecule has 0 saturated heterocycles. The lowest BCUT2D eigenvalue weighted by molar-refractivity contribution is 0.710. The van der Waals surface area contributed by atoms with E-state index in [4.69, 9.17) is 5.73 Å². The topological polar surface area (TPSA) is 38.9 Å². The molecule has 90 valence electrons. The minimum absolute atomic E-state index is 0.0439. The van der Waals surface area contributed by atoms with Gasteiger partial charge in [0.25, 0.3) is 0 Å². The zero-order valence-corrected chi connectivity index (χ0v) is 11.1. The summed E-state index contributed by atoms with van der Waals surface area (Å²) in [7, 11) is 0. The van der Waals surface area contributed by atoms with Crippen molar-refractivity contribution in [3.05, 3.63) is 52.0 Å². The van der Waals surface area contributed by atoms with E-state index < -0.39 is 0 Å². The predicted octanol–water partition coefficient (Wildman–Crippen LogP) is 3.51. The van der Waals surface area contributed by atoms with Crippen molar-refractivity contribution in [2.75, 3.05) is 0 Å². The Kier molecular flexibility index (Phi) is 3.92. The lowest BCUT2D eigenvalue weighted by Gasteiger charge is -2.09. The maximum atomic E-state index is 6.18. The standard InChI is InChI=1S/C14H18N2S/c1-10(2)13-9-17-14(16-13)8-12(15)11-6-4-3-5-7-11/h3-7,9-10,12H,8,15H2,1-2H3. The summed E-state index contributed by atoms with van der Waals surface area (Å²) < 4.78 is 0. The third-order valence-corrected chi connectivity index (χ3v) is 3.67. The molecule has 0 spiro atoms. The molecule has 0 saturated carbocycles. The zero-order chi connectivity index (χ0) is 12.3. The third kappa shape index (κ3) is 3.14. The van der Waals surface area contributed by atoms with E-state index in [2.05, 4.69) is 36.3 Å². The molecule has 1 atom stereocenters. The van der Waals surface area contributed by atoms with Crippen molar-refractivity contribution in [3.8, 4) is 0 Å². The molecule has 3 heteroatoms. The molecule has 2 nitrogen and oxygen atoms in total. The van der Waals surface area contributed by atoms with Gasteiger partial charge in [-0.2, -0.15) is 0 Å². The van der Waals surface area contributed by atoms with Gasteiger partial charge in [-0.1, -0.05) is 44.2 Å². The van der Waals surface area contributed by atoms with Gasteiger partial charge in [0, 0.05) is 17.8 Å². The monoisotopic (exact) mass is 246 g/mol. The lowest BCUT2D eigenvalue weighted by Crippen LogP contribution is -2.13. The number of benzene rings is 1. The Morgan fingerprint density at radius 3 is 2.53 bits per heavy atom. The largest absolute Gasteiger partial charge is 0.324 e. The zero-order valence-electron chi connectivity index (χ0n) is 10.3. The molecule has 0 amide bonds. The second-order valence-electron chi connectivity index (χ2n) is 4.54. The molecule has 1 unspecified atom stereocenters. The van der Waals surface area contributed by atoms with Crippen molar-refractivity contribution in [2.24, 2.45) is 5.73 Å². The van der Waals surface area contributed by atoms with E-state index in [0.29, 0.717) is 5.92 Å². The van der Waals surface area contributed by atoms with E-state index in [1.807, 2.05) is 18.2 Å². The molecule has 2 aromatic rings. The fraction of sp³-hybridized carbons (Fsp3) is 0.357. The number of thiazole rings is 1. The molecular formula is C14H18N2S. The van der Waals surface area contributed by atoms with Crippen LogP contribution in [0.3, 0.4) is 0 Å². The van der Waals surface area contributed by atoms with E-state index in [1.165, 1.54) is 11.3 Å². The first-order chi connectivity index (χ1) is 8.16. The van der Waals surface area contributed by atoms with Crippen LogP contribution in [-0.4, -0.2) is 4.98 Å². The highest BCUT2D eigenvalue weighted by Crippen LogP contribution is 2.22. The van der Waals surface area contributed by atoms with Gasteiger partial charge in [0.15, 0.2) is 0 Å². The number of nitrogens with two attached hydrogens (primary N) is 1. The Morgan fingerprint density at radius 2 is 1.94 bits per heavy atom. The van der Waals surface area contributed by atoms with Gasteiger partial charge in [0.2, 0.25) is 0 Å². The van der Waals surface area contributed by atoms with Gasteiger partial charge in [-0.3, -0.25) is 0 Å². The molecule has 1 aromatic heterocycles. The van der Waals surface area contributed by atoms with E-state index in [1.54, 1.807) is 11.3 Å². The number of hydrogen-bond donors (Lipinski definition) is 1. The van der Waals surface area contributed by atoms with Crippen molar-refractivity contribution in [3.63, 3.8) is 0 Å². The van der Waals surface area contributed by atoms with Crippen LogP contribution >= 0.6 is 11.3 Å². The highest BCUT2D eigenvalue weighted by Gasteiger charge is 2.11. The average molecular weight is 246 g/mol. The van der Waals surface area contributed by atoms with Gasteiger partial charge in [0.1, 0.15) is 0 Å².